The summed E-state index contributed by atoms with van der Waals surface area (Å²) >= 11 is 0. The van der Waals surface area contributed by atoms with Crippen molar-refractivity contribution < 1.29 is 89.4 Å². The van der Waals surface area contributed by atoms with Gasteiger partial charge in [0.05, 0.1) is 38.6 Å². The van der Waals surface area contributed by atoms with Crippen molar-refractivity contribution in [3.05, 3.63) is 12.2 Å². The van der Waals surface area contributed by atoms with Gasteiger partial charge >= 0.3 is 0 Å². The first kappa shape index (κ1) is 66.8. The first-order chi connectivity index (χ1) is 35.8. The predicted octanol–water partition coefficient (Wildman–Crippen LogP) is 4.21. The van der Waals surface area contributed by atoms with Crippen molar-refractivity contribution in [2.24, 2.45) is 0 Å². The number of carbonyl (C=O) groups is 1. The maximum atomic E-state index is 12.8. The largest absolute Gasteiger partial charge is 0.394 e. The van der Waals surface area contributed by atoms with Gasteiger partial charge in [0.2, 0.25) is 5.91 Å². The van der Waals surface area contributed by atoms with Crippen molar-refractivity contribution in [3.63, 3.8) is 0 Å². The van der Waals surface area contributed by atoms with Gasteiger partial charge in [0.15, 0.2) is 18.9 Å². The van der Waals surface area contributed by atoms with Crippen molar-refractivity contribution in [2.45, 2.75) is 304 Å². The molecule has 17 unspecified atom stereocenters. The molecule has 3 aliphatic rings. The molecule has 3 heterocycles. The molecule has 0 bridgehead atoms. The van der Waals surface area contributed by atoms with Crippen molar-refractivity contribution in [1.82, 2.24) is 5.32 Å². The summed E-state index contributed by atoms with van der Waals surface area (Å²) in [6.45, 7) is 1.46. The Morgan fingerprint density at radius 3 is 1.26 bits per heavy atom. The molecule has 0 aliphatic carbocycles. The Morgan fingerprint density at radius 1 is 0.473 bits per heavy atom. The molecule has 74 heavy (non-hydrogen) atoms. The number of hydrogen-bond acceptors (Lipinski definition) is 18. The lowest BCUT2D eigenvalue weighted by Crippen LogP contribution is -2.66. The van der Waals surface area contributed by atoms with E-state index in [0.717, 1.165) is 32.1 Å². The van der Waals surface area contributed by atoms with Crippen molar-refractivity contribution in [2.75, 3.05) is 26.4 Å². The smallest absolute Gasteiger partial charge is 0.220 e. The minimum atomic E-state index is -1.97. The van der Waals surface area contributed by atoms with Gasteiger partial charge in [-0.2, -0.15) is 0 Å². The fraction of sp³-hybridized carbons (Fsp3) is 0.945. The van der Waals surface area contributed by atoms with Crippen LogP contribution in [0, 0.1) is 0 Å². The second-order valence-corrected chi connectivity index (χ2v) is 21.1. The number of rotatable bonds is 42. The highest BCUT2D eigenvalue weighted by Crippen LogP contribution is 2.33. The van der Waals surface area contributed by atoms with Crippen LogP contribution < -0.4 is 5.32 Å². The third-order valence-electron chi connectivity index (χ3n) is 14.8. The Labute approximate surface area is 442 Å². The summed E-state index contributed by atoms with van der Waals surface area (Å²) in [5.41, 5.74) is 0. The molecule has 19 heteroatoms. The molecule has 3 rings (SSSR count). The van der Waals surface area contributed by atoms with Crippen LogP contribution in [0.5, 0.6) is 0 Å². The molecule has 0 aromatic carbocycles. The molecule has 0 aromatic rings. The van der Waals surface area contributed by atoms with Crippen molar-refractivity contribution >= 4 is 5.91 Å². The van der Waals surface area contributed by atoms with E-state index >= 15 is 0 Å². The Kier molecular flexibility index (Phi) is 35.9. The Hall–Kier alpha value is -1.47. The average molecular weight is 1070 g/mol. The summed E-state index contributed by atoms with van der Waals surface area (Å²) in [4.78, 5) is 12.8. The van der Waals surface area contributed by atoms with Crippen LogP contribution in [0.15, 0.2) is 12.2 Å². The van der Waals surface area contributed by atoms with Crippen LogP contribution >= 0.6 is 0 Å². The van der Waals surface area contributed by atoms with Gasteiger partial charge in [0.1, 0.15) is 73.2 Å². The first-order valence-electron chi connectivity index (χ1n) is 28.9. The number of ether oxygens (including phenoxy) is 6. The quantitative estimate of drug-likeness (QED) is 0.0301. The normalized spacial score (nSPS) is 31.5. The third kappa shape index (κ3) is 24.3. The van der Waals surface area contributed by atoms with Gasteiger partial charge in [-0.15, -0.1) is 0 Å². The molecule has 0 saturated carbocycles. The van der Waals surface area contributed by atoms with Crippen LogP contribution in [0.3, 0.4) is 0 Å². The van der Waals surface area contributed by atoms with E-state index in [9.17, 15) is 61.0 Å². The summed E-state index contributed by atoms with van der Waals surface area (Å²) in [6.07, 6.45) is 12.4. The van der Waals surface area contributed by atoms with Crippen molar-refractivity contribution in [3.8, 4) is 0 Å². The van der Waals surface area contributed by atoms with E-state index in [4.69, 9.17) is 28.4 Å². The molecule has 0 spiro atoms. The van der Waals surface area contributed by atoms with E-state index in [1.807, 2.05) is 13.0 Å². The van der Waals surface area contributed by atoms with Crippen LogP contribution in [0.2, 0.25) is 0 Å². The highest BCUT2D eigenvalue weighted by molar-refractivity contribution is 5.76. The molecule has 3 saturated heterocycles. The van der Waals surface area contributed by atoms with Gasteiger partial charge in [-0.05, 0) is 19.3 Å². The molecule has 0 radical (unpaired) electrons. The molecular weight excluding hydrogens is 963 g/mol. The summed E-state index contributed by atoms with van der Waals surface area (Å²) in [6, 6.07) is -0.963. The number of allylic oxidation sites excluding steroid dienone is 1. The monoisotopic (exact) mass is 1070 g/mol. The summed E-state index contributed by atoms with van der Waals surface area (Å²) in [5.74, 6) is -0.310. The van der Waals surface area contributed by atoms with E-state index in [1.165, 1.54) is 141 Å². The van der Waals surface area contributed by atoms with Crippen molar-refractivity contribution in [1.29, 1.82) is 0 Å². The molecule has 3 fully saturated rings. The maximum absolute atomic E-state index is 12.8. The third-order valence-corrected chi connectivity index (χ3v) is 14.8. The summed E-state index contributed by atoms with van der Waals surface area (Å²) < 4.78 is 33.9. The molecular formula is C55H103NO18. The fourth-order valence-corrected chi connectivity index (χ4v) is 9.99. The van der Waals surface area contributed by atoms with Crippen LogP contribution in [0.1, 0.15) is 200 Å². The number of aliphatic hydroxyl groups excluding tert-OH is 11. The van der Waals surface area contributed by atoms with Gasteiger partial charge in [-0.3, -0.25) is 4.79 Å². The van der Waals surface area contributed by atoms with Gasteiger partial charge in [0.25, 0.3) is 0 Å². The minimum Gasteiger partial charge on any atom is -0.394 e. The molecule has 436 valence electrons. The highest BCUT2D eigenvalue weighted by Gasteiger charge is 2.53. The SMILES string of the molecule is CCCCCCCCCCCCCCCCCCCCCCCCCCC/C=C/C(O)C(COC1OC(CO)C(OC2OC(CO)C(OC3OC(CO)C(O)C(O)C3O)C(O)C2O)C(O)C1O)NC(=O)CCCC. The van der Waals surface area contributed by atoms with E-state index in [0.29, 0.717) is 6.42 Å². The van der Waals surface area contributed by atoms with Crippen LogP contribution in [-0.2, 0) is 33.2 Å². The molecule has 1 amide bonds. The van der Waals surface area contributed by atoms with Gasteiger partial charge < -0.3 is 89.9 Å². The van der Waals surface area contributed by atoms with Crippen LogP contribution in [0.4, 0.5) is 0 Å². The zero-order valence-corrected chi connectivity index (χ0v) is 45.1. The Morgan fingerprint density at radius 2 is 0.838 bits per heavy atom. The average Bonchev–Trinajstić information content (AvgIpc) is 3.40. The number of carbonyl (C=O) groups excluding carboxylic acids is 1. The lowest BCUT2D eigenvalue weighted by molar-refractivity contribution is -0.379. The lowest BCUT2D eigenvalue weighted by atomic mass is 9.96. The summed E-state index contributed by atoms with van der Waals surface area (Å²) in [5, 5.41) is 119. The molecule has 0 aromatic heterocycles. The number of unbranched alkanes of at least 4 members (excludes halogenated alkanes) is 26. The maximum Gasteiger partial charge on any atom is 0.220 e. The minimum absolute atomic E-state index is 0.220. The molecule has 3 aliphatic heterocycles. The zero-order valence-electron chi connectivity index (χ0n) is 45.1. The van der Waals surface area contributed by atoms with Crippen LogP contribution in [-0.4, -0.2) is 193 Å². The van der Waals surface area contributed by atoms with E-state index in [2.05, 4.69) is 12.2 Å². The number of hydrogen-bond donors (Lipinski definition) is 12. The highest BCUT2D eigenvalue weighted by atomic mass is 16.8. The molecule has 17 atom stereocenters. The van der Waals surface area contributed by atoms with Gasteiger partial charge in [0, 0.05) is 6.42 Å². The van der Waals surface area contributed by atoms with Gasteiger partial charge in [-0.1, -0.05) is 187 Å². The lowest BCUT2D eigenvalue weighted by Gasteiger charge is -2.48. The molecule has 19 nitrogen and oxygen atoms in total. The second kappa shape index (κ2) is 39.8. The number of aliphatic hydroxyl groups is 11. The zero-order chi connectivity index (χ0) is 54.1. The Balaban J connectivity index is 1.34. The van der Waals surface area contributed by atoms with Crippen LogP contribution in [0.25, 0.3) is 0 Å². The van der Waals surface area contributed by atoms with E-state index in [-0.39, 0.29) is 18.9 Å². The predicted molar refractivity (Wildman–Crippen MR) is 277 cm³/mol. The second-order valence-electron chi connectivity index (χ2n) is 21.1. The van der Waals surface area contributed by atoms with E-state index in [1.54, 1.807) is 6.08 Å². The fourth-order valence-electron chi connectivity index (χ4n) is 9.99. The van der Waals surface area contributed by atoms with Gasteiger partial charge in [-0.25, -0.2) is 0 Å². The molecule has 12 N–H and O–H groups in total. The number of nitrogens with one attached hydrogen (secondary N) is 1. The standard InChI is InChI=1S/C55H103NO18/c1-3-5-7-8-9-10-11-12-13-14-15-16-17-18-19-20-21-22-23-24-25-26-27-28-29-30-31-32-39(60)38(56-43(61)33-6-4-2)37-69-53-49(67)46(64)51(41(35-58)71-53)74-55-50(68)47(65)52(42(36-59)72-55)73-54-48(66)45(63)44(62)40(34-57)70-54/h31-32,38-42,44-55,57-60,62-68H,3-30,33-37H2,1-2H3,(H,56,61)/b32-31+. The summed E-state index contributed by atoms with van der Waals surface area (Å²) in [7, 11) is 0. The van der Waals surface area contributed by atoms with E-state index < -0.39 is 124 Å². The topological polar surface area (TPSA) is 307 Å². The Bertz CT molecular complexity index is 1410. The number of amides is 1. The first-order valence-corrected chi connectivity index (χ1v) is 28.9.